The van der Waals surface area contributed by atoms with Gasteiger partial charge in [-0.3, -0.25) is 14.9 Å². The molecule has 1 N–H and O–H groups in total. The lowest BCUT2D eigenvalue weighted by atomic mass is 10.1. The van der Waals surface area contributed by atoms with Crippen molar-refractivity contribution in [2.24, 2.45) is 0 Å². The van der Waals surface area contributed by atoms with Crippen LogP contribution in [0.5, 0.6) is 0 Å². The van der Waals surface area contributed by atoms with Crippen molar-refractivity contribution in [3.63, 3.8) is 0 Å². The van der Waals surface area contributed by atoms with Crippen LogP contribution in [0.2, 0.25) is 0 Å². The number of thiophene rings is 1. The van der Waals surface area contributed by atoms with Crippen molar-refractivity contribution in [2.45, 2.75) is 31.0 Å². The summed E-state index contributed by atoms with van der Waals surface area (Å²) in [6, 6.07) is 6.25. The summed E-state index contributed by atoms with van der Waals surface area (Å²) >= 11 is 4.27. The third-order valence-electron chi connectivity index (χ3n) is 4.68. The molecule has 11 heteroatoms. The van der Waals surface area contributed by atoms with Crippen LogP contribution in [-0.4, -0.2) is 31.0 Å². The molecule has 0 aliphatic heterocycles. The molecule has 0 saturated heterocycles. The number of amides is 1. The first kappa shape index (κ1) is 21.3. The van der Waals surface area contributed by atoms with Gasteiger partial charge in [-0.2, -0.15) is 0 Å². The van der Waals surface area contributed by atoms with Crippen molar-refractivity contribution < 1.29 is 9.72 Å². The molecule has 3 heterocycles. The Kier molecular flexibility index (Phi) is 5.99. The zero-order valence-corrected chi connectivity index (χ0v) is 19.2. The van der Waals surface area contributed by atoms with Gasteiger partial charge >= 0.3 is 0 Å². The van der Waals surface area contributed by atoms with Crippen LogP contribution < -0.4 is 5.32 Å². The third kappa shape index (κ3) is 4.43. The number of nitrogens with zero attached hydrogens (tertiary/aromatic N) is 4. The fourth-order valence-electron chi connectivity index (χ4n) is 2.91. The highest BCUT2D eigenvalue weighted by molar-refractivity contribution is 8.00. The lowest BCUT2D eigenvalue weighted by Crippen LogP contribution is -2.22. The Morgan fingerprint density at radius 3 is 2.87 bits per heavy atom. The standard InChI is InChI=1S/C20H17N5O3S3/c1-10-11(2)30-18-16(10)19(22-9-21-18)31-12(3)17(26)24-20-23-15(8-29-20)13-5-4-6-14(7-13)25(27)28/h4-9,12H,1-3H3,(H,23,24,26). The molecule has 0 aliphatic rings. The predicted molar refractivity (Wildman–Crippen MR) is 125 cm³/mol. The van der Waals surface area contributed by atoms with Crippen molar-refractivity contribution in [3.05, 3.63) is 56.5 Å². The van der Waals surface area contributed by atoms with Gasteiger partial charge in [0, 0.05) is 33.3 Å². The van der Waals surface area contributed by atoms with E-state index in [2.05, 4.69) is 20.3 Å². The molecule has 1 amide bonds. The van der Waals surface area contributed by atoms with E-state index in [0.717, 1.165) is 20.8 Å². The maximum Gasteiger partial charge on any atom is 0.270 e. The maximum absolute atomic E-state index is 12.7. The van der Waals surface area contributed by atoms with E-state index in [1.54, 1.807) is 28.8 Å². The number of rotatable bonds is 6. The van der Waals surface area contributed by atoms with Crippen LogP contribution in [0.3, 0.4) is 0 Å². The number of nitrogens with one attached hydrogen (secondary N) is 1. The quantitative estimate of drug-likeness (QED) is 0.172. The first-order valence-electron chi connectivity index (χ1n) is 9.22. The number of fused-ring (bicyclic) bond motifs is 1. The molecule has 0 aliphatic carbocycles. The third-order valence-corrected chi connectivity index (χ3v) is 7.65. The minimum Gasteiger partial charge on any atom is -0.301 e. The summed E-state index contributed by atoms with van der Waals surface area (Å²) in [6.45, 7) is 5.91. The summed E-state index contributed by atoms with van der Waals surface area (Å²) in [5, 5.41) is 17.4. The zero-order valence-electron chi connectivity index (χ0n) is 16.8. The number of anilines is 1. The lowest BCUT2D eigenvalue weighted by Gasteiger charge is -2.10. The summed E-state index contributed by atoms with van der Waals surface area (Å²) in [5.74, 6) is -0.193. The van der Waals surface area contributed by atoms with Gasteiger partial charge < -0.3 is 5.32 Å². The number of nitro benzene ring substituents is 1. The maximum atomic E-state index is 12.7. The monoisotopic (exact) mass is 471 g/mol. The van der Waals surface area contributed by atoms with E-state index in [-0.39, 0.29) is 11.6 Å². The van der Waals surface area contributed by atoms with E-state index in [9.17, 15) is 14.9 Å². The van der Waals surface area contributed by atoms with Crippen molar-refractivity contribution in [1.29, 1.82) is 0 Å². The highest BCUT2D eigenvalue weighted by atomic mass is 32.2. The number of non-ortho nitro benzene ring substituents is 1. The number of aromatic nitrogens is 3. The van der Waals surface area contributed by atoms with Gasteiger partial charge in [0.05, 0.1) is 15.9 Å². The van der Waals surface area contributed by atoms with Crippen LogP contribution in [0.1, 0.15) is 17.4 Å². The van der Waals surface area contributed by atoms with Crippen LogP contribution in [-0.2, 0) is 4.79 Å². The Morgan fingerprint density at radius 2 is 2.10 bits per heavy atom. The Bertz CT molecular complexity index is 1300. The number of thioether (sulfide) groups is 1. The Balaban J connectivity index is 1.48. The summed E-state index contributed by atoms with van der Waals surface area (Å²) in [7, 11) is 0. The van der Waals surface area contributed by atoms with Gasteiger partial charge in [-0.25, -0.2) is 15.0 Å². The van der Waals surface area contributed by atoms with Crippen LogP contribution >= 0.6 is 34.4 Å². The van der Waals surface area contributed by atoms with Crippen LogP contribution in [0.15, 0.2) is 41.0 Å². The summed E-state index contributed by atoms with van der Waals surface area (Å²) in [4.78, 5) is 38.5. The van der Waals surface area contributed by atoms with Gasteiger partial charge in [0.15, 0.2) is 5.13 Å². The predicted octanol–water partition coefficient (Wildman–Crippen LogP) is 5.46. The van der Waals surface area contributed by atoms with Crippen LogP contribution in [0.4, 0.5) is 10.8 Å². The SMILES string of the molecule is Cc1sc2ncnc(SC(C)C(=O)Nc3nc(-c4cccc([N+](=O)[O-])c4)cs3)c2c1C. The van der Waals surface area contributed by atoms with E-state index >= 15 is 0 Å². The molecule has 4 rings (SSSR count). The van der Waals surface area contributed by atoms with Crippen molar-refractivity contribution in [2.75, 3.05) is 5.32 Å². The van der Waals surface area contributed by atoms with Gasteiger partial charge in [-0.05, 0) is 26.3 Å². The molecule has 158 valence electrons. The molecule has 1 unspecified atom stereocenters. The van der Waals surface area contributed by atoms with Gasteiger partial charge in [-0.1, -0.05) is 23.9 Å². The molecule has 0 saturated carbocycles. The molecule has 0 bridgehead atoms. The van der Waals surface area contributed by atoms with E-state index < -0.39 is 10.2 Å². The molecule has 31 heavy (non-hydrogen) atoms. The topological polar surface area (TPSA) is 111 Å². The molecule has 0 spiro atoms. The fourth-order valence-corrected chi connectivity index (χ4v) is 5.67. The number of nitro groups is 1. The van der Waals surface area contributed by atoms with E-state index in [1.807, 2.05) is 20.8 Å². The zero-order chi connectivity index (χ0) is 22.1. The van der Waals surface area contributed by atoms with Crippen molar-refractivity contribution in [3.8, 4) is 11.3 Å². The number of thiazole rings is 1. The largest absolute Gasteiger partial charge is 0.301 e. The van der Waals surface area contributed by atoms with Gasteiger partial charge in [0.25, 0.3) is 5.69 Å². The minimum absolute atomic E-state index is 0.00349. The summed E-state index contributed by atoms with van der Waals surface area (Å²) < 4.78 is 0. The molecular weight excluding hydrogens is 454 g/mol. The lowest BCUT2D eigenvalue weighted by molar-refractivity contribution is -0.384. The molecule has 1 atom stereocenters. The Morgan fingerprint density at radius 1 is 1.29 bits per heavy atom. The van der Waals surface area contributed by atoms with Gasteiger partial charge in [0.2, 0.25) is 5.91 Å². The highest BCUT2D eigenvalue weighted by Crippen LogP contribution is 2.36. The normalized spacial score (nSPS) is 12.1. The second-order valence-electron chi connectivity index (χ2n) is 6.74. The number of carbonyl (C=O) groups is 1. The van der Waals surface area contributed by atoms with Crippen LogP contribution in [0.25, 0.3) is 21.5 Å². The van der Waals surface area contributed by atoms with E-state index in [1.165, 1.54) is 46.4 Å². The number of hydrogen-bond donors (Lipinski definition) is 1. The number of benzene rings is 1. The van der Waals surface area contributed by atoms with Crippen molar-refractivity contribution in [1.82, 2.24) is 15.0 Å². The highest BCUT2D eigenvalue weighted by Gasteiger charge is 2.20. The molecule has 4 aromatic rings. The minimum atomic E-state index is -0.446. The first-order chi connectivity index (χ1) is 14.8. The molecule has 0 radical (unpaired) electrons. The number of carbonyl (C=O) groups excluding carboxylic acids is 1. The van der Waals surface area contributed by atoms with Crippen LogP contribution in [0, 0.1) is 24.0 Å². The van der Waals surface area contributed by atoms with E-state index in [4.69, 9.17) is 0 Å². The number of hydrogen-bond acceptors (Lipinski definition) is 9. The smallest absolute Gasteiger partial charge is 0.270 e. The molecule has 0 fully saturated rings. The second kappa shape index (κ2) is 8.69. The summed E-state index contributed by atoms with van der Waals surface area (Å²) in [5.41, 5.74) is 2.33. The van der Waals surface area contributed by atoms with Gasteiger partial charge in [-0.15, -0.1) is 22.7 Å². The molecule has 8 nitrogen and oxygen atoms in total. The fraction of sp³-hybridized carbons (Fsp3) is 0.200. The van der Waals surface area contributed by atoms with Crippen molar-refractivity contribution >= 4 is 61.4 Å². The molecule has 1 aromatic carbocycles. The molecular formula is C20H17N5O3S3. The second-order valence-corrected chi connectivity index (χ2v) is 10.1. The molecule has 3 aromatic heterocycles. The Hall–Kier alpha value is -2.89. The summed E-state index contributed by atoms with van der Waals surface area (Å²) in [6.07, 6.45) is 1.52. The first-order valence-corrected chi connectivity index (χ1v) is 11.8. The van der Waals surface area contributed by atoms with E-state index in [0.29, 0.717) is 16.4 Å². The average Bonchev–Trinajstić information content (AvgIpc) is 3.33. The number of aryl methyl sites for hydroxylation is 2. The average molecular weight is 472 g/mol. The van der Waals surface area contributed by atoms with Gasteiger partial charge in [0.1, 0.15) is 16.2 Å². The Labute approximate surface area is 189 Å².